The Morgan fingerprint density at radius 2 is 1.85 bits per heavy atom. The molecule has 0 amide bonds. The summed E-state index contributed by atoms with van der Waals surface area (Å²) in [7, 11) is 0. The number of benzene rings is 2. The Morgan fingerprint density at radius 3 is 2.75 bits per heavy atom. The number of H-pyrrole nitrogens is 1. The minimum Gasteiger partial charge on any atom is -0.454 e. The van der Waals surface area contributed by atoms with Gasteiger partial charge in [0.15, 0.2) is 11.5 Å². The number of aliphatic hydroxyl groups excluding tert-OH is 1. The fraction of sp³-hybridized carbons (Fsp3) is 0.125. The minimum absolute atomic E-state index is 0.237. The first-order valence-corrected chi connectivity index (χ1v) is 6.46. The molecule has 1 aromatic heterocycles. The van der Waals surface area contributed by atoms with Crippen LogP contribution < -0.4 is 9.47 Å². The van der Waals surface area contributed by atoms with Gasteiger partial charge < -0.3 is 19.6 Å². The first-order chi connectivity index (χ1) is 9.81. The molecule has 20 heavy (non-hydrogen) atoms. The van der Waals surface area contributed by atoms with Crippen LogP contribution in [-0.4, -0.2) is 16.9 Å². The quantitative estimate of drug-likeness (QED) is 0.750. The fourth-order valence-electron chi connectivity index (χ4n) is 2.51. The number of fused-ring (bicyclic) bond motifs is 2. The van der Waals surface area contributed by atoms with E-state index in [-0.39, 0.29) is 6.79 Å². The number of hydrogen-bond acceptors (Lipinski definition) is 3. The Labute approximate surface area is 115 Å². The van der Waals surface area contributed by atoms with Gasteiger partial charge in [-0.25, -0.2) is 0 Å². The van der Waals surface area contributed by atoms with Gasteiger partial charge in [0.2, 0.25) is 6.79 Å². The third kappa shape index (κ3) is 1.73. The van der Waals surface area contributed by atoms with Crippen LogP contribution in [0.15, 0.2) is 48.5 Å². The molecule has 4 rings (SSSR count). The Kier molecular flexibility index (Phi) is 2.44. The van der Waals surface area contributed by atoms with Gasteiger partial charge in [0.1, 0.15) is 6.10 Å². The molecule has 1 unspecified atom stereocenters. The summed E-state index contributed by atoms with van der Waals surface area (Å²) < 4.78 is 10.6. The standard InChI is InChI=1S/C16H13NO3/c18-16(11-5-6-14-15(8-11)20-9-19-14)13-7-10-3-1-2-4-12(10)17-13/h1-8,16-18H,9H2. The number of ether oxygens (including phenoxy) is 2. The van der Waals surface area contributed by atoms with Crippen molar-refractivity contribution in [2.24, 2.45) is 0 Å². The van der Waals surface area contributed by atoms with Crippen LogP contribution in [0.2, 0.25) is 0 Å². The number of nitrogens with one attached hydrogen (secondary N) is 1. The minimum atomic E-state index is -0.711. The largest absolute Gasteiger partial charge is 0.454 e. The molecule has 3 aromatic rings. The zero-order valence-corrected chi connectivity index (χ0v) is 10.7. The van der Waals surface area contributed by atoms with Crippen LogP contribution in [0.4, 0.5) is 0 Å². The molecule has 2 N–H and O–H groups in total. The average Bonchev–Trinajstić information content (AvgIpc) is 3.11. The number of para-hydroxylation sites is 1. The van der Waals surface area contributed by atoms with Gasteiger partial charge in [-0.1, -0.05) is 24.3 Å². The van der Waals surface area contributed by atoms with Crippen LogP contribution in [-0.2, 0) is 0 Å². The molecule has 0 radical (unpaired) electrons. The predicted octanol–water partition coefficient (Wildman–Crippen LogP) is 2.98. The maximum absolute atomic E-state index is 10.5. The van der Waals surface area contributed by atoms with Crippen molar-refractivity contribution in [1.29, 1.82) is 0 Å². The lowest BCUT2D eigenvalue weighted by Crippen LogP contribution is -1.99. The van der Waals surface area contributed by atoms with Crippen molar-refractivity contribution >= 4 is 10.9 Å². The molecule has 0 aliphatic carbocycles. The van der Waals surface area contributed by atoms with Crippen molar-refractivity contribution in [2.45, 2.75) is 6.10 Å². The van der Waals surface area contributed by atoms with Crippen LogP contribution in [0.25, 0.3) is 10.9 Å². The smallest absolute Gasteiger partial charge is 0.231 e. The zero-order chi connectivity index (χ0) is 13.5. The predicted molar refractivity (Wildman–Crippen MR) is 74.9 cm³/mol. The SMILES string of the molecule is OC(c1ccc2c(c1)OCO2)c1cc2ccccc2[nH]1. The molecule has 1 aliphatic heterocycles. The summed E-state index contributed by atoms with van der Waals surface area (Å²) in [5, 5.41) is 11.6. The van der Waals surface area contributed by atoms with E-state index in [0.717, 1.165) is 27.9 Å². The molecule has 0 spiro atoms. The first-order valence-electron chi connectivity index (χ1n) is 6.46. The van der Waals surface area contributed by atoms with E-state index in [4.69, 9.17) is 9.47 Å². The van der Waals surface area contributed by atoms with Crippen LogP contribution in [0, 0.1) is 0 Å². The van der Waals surface area contributed by atoms with Crippen LogP contribution in [0.5, 0.6) is 11.5 Å². The van der Waals surface area contributed by atoms with Crippen molar-refractivity contribution in [3.05, 3.63) is 59.8 Å². The molecule has 0 bridgehead atoms. The fourth-order valence-corrected chi connectivity index (χ4v) is 2.51. The molecule has 1 atom stereocenters. The molecule has 0 fully saturated rings. The van der Waals surface area contributed by atoms with Gasteiger partial charge in [-0.15, -0.1) is 0 Å². The van der Waals surface area contributed by atoms with E-state index in [9.17, 15) is 5.11 Å². The van der Waals surface area contributed by atoms with E-state index < -0.39 is 6.10 Å². The Bertz CT molecular complexity index is 745. The van der Waals surface area contributed by atoms with Crippen molar-refractivity contribution < 1.29 is 14.6 Å². The van der Waals surface area contributed by atoms with Gasteiger partial charge in [-0.05, 0) is 35.2 Å². The molecule has 1 aliphatic rings. The third-order valence-electron chi connectivity index (χ3n) is 3.56. The number of aliphatic hydroxyl groups is 1. The van der Waals surface area contributed by atoms with Crippen LogP contribution in [0.3, 0.4) is 0 Å². The highest BCUT2D eigenvalue weighted by atomic mass is 16.7. The summed E-state index contributed by atoms with van der Waals surface area (Å²) in [6.45, 7) is 0.237. The molecule has 4 heteroatoms. The molecule has 4 nitrogen and oxygen atoms in total. The number of hydrogen-bond donors (Lipinski definition) is 2. The monoisotopic (exact) mass is 267 g/mol. The van der Waals surface area contributed by atoms with Gasteiger partial charge in [-0.3, -0.25) is 0 Å². The van der Waals surface area contributed by atoms with Crippen LogP contribution in [0.1, 0.15) is 17.4 Å². The lowest BCUT2D eigenvalue weighted by Gasteiger charge is -2.09. The maximum Gasteiger partial charge on any atom is 0.231 e. The zero-order valence-electron chi connectivity index (χ0n) is 10.7. The summed E-state index contributed by atoms with van der Waals surface area (Å²) in [5.41, 5.74) is 2.56. The van der Waals surface area contributed by atoms with Crippen molar-refractivity contribution in [1.82, 2.24) is 4.98 Å². The topological polar surface area (TPSA) is 54.5 Å². The van der Waals surface area contributed by atoms with Gasteiger partial charge in [-0.2, -0.15) is 0 Å². The van der Waals surface area contributed by atoms with E-state index in [1.165, 1.54) is 0 Å². The van der Waals surface area contributed by atoms with Crippen LogP contribution >= 0.6 is 0 Å². The Morgan fingerprint density at radius 1 is 1.00 bits per heavy atom. The third-order valence-corrected chi connectivity index (χ3v) is 3.56. The van der Waals surface area contributed by atoms with E-state index in [0.29, 0.717) is 5.75 Å². The molecule has 2 aromatic carbocycles. The van der Waals surface area contributed by atoms with Gasteiger partial charge in [0.05, 0.1) is 0 Å². The molecule has 0 saturated carbocycles. The van der Waals surface area contributed by atoms with Gasteiger partial charge in [0.25, 0.3) is 0 Å². The Balaban J connectivity index is 1.74. The summed E-state index contributed by atoms with van der Waals surface area (Å²) in [6, 6.07) is 15.4. The summed E-state index contributed by atoms with van der Waals surface area (Å²) in [4.78, 5) is 3.24. The van der Waals surface area contributed by atoms with E-state index >= 15 is 0 Å². The highest BCUT2D eigenvalue weighted by molar-refractivity contribution is 5.80. The summed E-state index contributed by atoms with van der Waals surface area (Å²) in [6.07, 6.45) is -0.711. The van der Waals surface area contributed by atoms with Crippen molar-refractivity contribution in [2.75, 3.05) is 6.79 Å². The highest BCUT2D eigenvalue weighted by Crippen LogP contribution is 2.35. The lowest BCUT2D eigenvalue weighted by atomic mass is 10.1. The molecular formula is C16H13NO3. The first kappa shape index (κ1) is 11.4. The van der Waals surface area contributed by atoms with E-state index in [1.807, 2.05) is 48.5 Å². The second-order valence-electron chi connectivity index (χ2n) is 4.83. The van der Waals surface area contributed by atoms with Gasteiger partial charge >= 0.3 is 0 Å². The summed E-state index contributed by atoms with van der Waals surface area (Å²) in [5.74, 6) is 1.40. The average molecular weight is 267 g/mol. The lowest BCUT2D eigenvalue weighted by molar-refractivity contribution is 0.173. The Hall–Kier alpha value is -2.46. The second-order valence-corrected chi connectivity index (χ2v) is 4.83. The van der Waals surface area contributed by atoms with E-state index in [1.54, 1.807) is 0 Å². The van der Waals surface area contributed by atoms with Gasteiger partial charge in [0, 0.05) is 11.2 Å². The molecule has 100 valence electrons. The maximum atomic E-state index is 10.5. The van der Waals surface area contributed by atoms with E-state index in [2.05, 4.69) is 4.98 Å². The summed E-state index contributed by atoms with van der Waals surface area (Å²) >= 11 is 0. The number of rotatable bonds is 2. The van der Waals surface area contributed by atoms with Crippen molar-refractivity contribution in [3.8, 4) is 11.5 Å². The molecule has 0 saturated heterocycles. The molecular weight excluding hydrogens is 254 g/mol. The number of aromatic amines is 1. The second kappa shape index (κ2) is 4.28. The highest BCUT2D eigenvalue weighted by Gasteiger charge is 2.18. The van der Waals surface area contributed by atoms with Crippen molar-refractivity contribution in [3.63, 3.8) is 0 Å². The molecule has 2 heterocycles. The normalized spacial score (nSPS) is 14.7. The number of aromatic nitrogens is 1.